The molecule has 0 aliphatic carbocycles. The first-order chi connectivity index (χ1) is 9.22. The van der Waals surface area contributed by atoms with Gasteiger partial charge in [0, 0.05) is 30.9 Å². The van der Waals surface area contributed by atoms with Crippen molar-refractivity contribution in [2.45, 2.75) is 31.2 Å². The largest absolute Gasteiger partial charge is 0.418 e. The third kappa shape index (κ3) is 2.99. The van der Waals surface area contributed by atoms with E-state index in [1.54, 1.807) is 6.92 Å². The maximum Gasteiger partial charge on any atom is 0.418 e. The van der Waals surface area contributed by atoms with E-state index >= 15 is 0 Å². The fourth-order valence-electron chi connectivity index (χ4n) is 2.17. The van der Waals surface area contributed by atoms with Crippen molar-refractivity contribution in [2.75, 3.05) is 24.2 Å². The molecular formula is C13H17F3N2O2. The lowest BCUT2D eigenvalue weighted by Gasteiger charge is -2.27. The molecule has 2 rings (SSSR count). The number of nitrogens with one attached hydrogen (secondary N) is 1. The average molecular weight is 290 g/mol. The summed E-state index contributed by atoms with van der Waals surface area (Å²) in [6.45, 7) is 2.29. The number of alkyl halides is 3. The van der Waals surface area contributed by atoms with E-state index in [2.05, 4.69) is 5.32 Å². The van der Waals surface area contributed by atoms with Crippen LogP contribution in [0.3, 0.4) is 0 Å². The van der Waals surface area contributed by atoms with E-state index in [0.29, 0.717) is 13.0 Å². The van der Waals surface area contributed by atoms with Crippen LogP contribution in [0.4, 0.5) is 24.5 Å². The molecule has 1 aromatic rings. The molecule has 1 heterocycles. The second-order valence-electron chi connectivity index (χ2n) is 5.02. The summed E-state index contributed by atoms with van der Waals surface area (Å²) in [7, 11) is 0. The van der Waals surface area contributed by atoms with Gasteiger partial charge in [-0.1, -0.05) is 0 Å². The van der Waals surface area contributed by atoms with E-state index in [4.69, 9.17) is 10.5 Å². The van der Waals surface area contributed by atoms with Crippen LogP contribution in [-0.4, -0.2) is 30.0 Å². The molecule has 112 valence electrons. The Morgan fingerprint density at radius 3 is 2.75 bits per heavy atom. The normalized spacial score (nSPS) is 26.8. The molecule has 1 fully saturated rings. The fourth-order valence-corrected chi connectivity index (χ4v) is 2.17. The lowest BCUT2D eigenvalue weighted by atomic mass is 9.96. The van der Waals surface area contributed by atoms with Crippen LogP contribution >= 0.6 is 0 Å². The van der Waals surface area contributed by atoms with E-state index in [-0.39, 0.29) is 24.0 Å². The van der Waals surface area contributed by atoms with E-state index in [1.807, 2.05) is 0 Å². The first-order valence-electron chi connectivity index (χ1n) is 6.27. The van der Waals surface area contributed by atoms with Crippen LogP contribution in [0, 0.1) is 0 Å². The number of hydrogen-bond acceptors (Lipinski definition) is 4. The van der Waals surface area contributed by atoms with Gasteiger partial charge in [-0.3, -0.25) is 0 Å². The number of rotatable bonds is 3. The Bertz CT molecular complexity index is 493. The van der Waals surface area contributed by atoms with Gasteiger partial charge in [0.15, 0.2) is 0 Å². The highest BCUT2D eigenvalue weighted by Crippen LogP contribution is 2.35. The highest BCUT2D eigenvalue weighted by molar-refractivity contribution is 5.58. The summed E-state index contributed by atoms with van der Waals surface area (Å²) < 4.78 is 43.5. The standard InChI is InChI=1S/C13H17F3N2O2/c1-8-12(19,4-5-20-8)7-18-9-2-3-11(17)10(6-9)13(14,15)16/h2-3,6,8,18-19H,4-5,7,17H2,1H3. The van der Waals surface area contributed by atoms with Crippen LogP contribution < -0.4 is 11.1 Å². The van der Waals surface area contributed by atoms with Crippen molar-refractivity contribution in [3.63, 3.8) is 0 Å². The van der Waals surface area contributed by atoms with Gasteiger partial charge in [-0.2, -0.15) is 13.2 Å². The van der Waals surface area contributed by atoms with Crippen molar-refractivity contribution in [3.8, 4) is 0 Å². The molecule has 0 amide bonds. The lowest BCUT2D eigenvalue weighted by Crippen LogP contribution is -2.43. The van der Waals surface area contributed by atoms with Crippen molar-refractivity contribution in [1.29, 1.82) is 0 Å². The number of nitrogen functional groups attached to an aromatic ring is 1. The summed E-state index contributed by atoms with van der Waals surface area (Å²) in [5.41, 5.74) is 3.31. The lowest BCUT2D eigenvalue weighted by molar-refractivity contribution is -0.136. The second-order valence-corrected chi connectivity index (χ2v) is 5.02. The number of hydrogen-bond donors (Lipinski definition) is 3. The first kappa shape index (κ1) is 14.9. The SMILES string of the molecule is CC1OCCC1(O)CNc1ccc(N)c(C(F)(F)F)c1. The van der Waals surface area contributed by atoms with Gasteiger partial charge < -0.3 is 20.9 Å². The molecule has 20 heavy (non-hydrogen) atoms. The zero-order chi connectivity index (χ0) is 15.0. The Morgan fingerprint density at radius 1 is 1.50 bits per heavy atom. The number of aliphatic hydroxyl groups is 1. The summed E-state index contributed by atoms with van der Waals surface area (Å²) in [6, 6.07) is 3.59. The minimum Gasteiger partial charge on any atom is -0.398 e. The van der Waals surface area contributed by atoms with Gasteiger partial charge in [-0.15, -0.1) is 0 Å². The molecule has 0 bridgehead atoms. The predicted octanol–water partition coefficient (Wildman–Crippen LogP) is 2.24. The molecule has 1 aliphatic rings. The van der Waals surface area contributed by atoms with Gasteiger partial charge in [-0.25, -0.2) is 0 Å². The molecule has 1 aliphatic heterocycles. The third-order valence-electron chi connectivity index (χ3n) is 3.62. The molecule has 0 aromatic heterocycles. The van der Waals surface area contributed by atoms with E-state index in [0.717, 1.165) is 6.07 Å². The maximum absolute atomic E-state index is 12.7. The molecule has 0 spiro atoms. The van der Waals surface area contributed by atoms with Crippen LogP contribution in [0.2, 0.25) is 0 Å². The minimum atomic E-state index is -4.50. The average Bonchev–Trinajstić information content (AvgIpc) is 2.68. The highest BCUT2D eigenvalue weighted by atomic mass is 19.4. The summed E-state index contributed by atoms with van der Waals surface area (Å²) in [6.07, 6.45) is -4.41. The number of halogens is 3. The summed E-state index contributed by atoms with van der Waals surface area (Å²) >= 11 is 0. The van der Waals surface area contributed by atoms with Crippen molar-refractivity contribution < 1.29 is 23.0 Å². The molecule has 1 aromatic carbocycles. The monoisotopic (exact) mass is 290 g/mol. The molecule has 4 N–H and O–H groups in total. The molecule has 4 nitrogen and oxygen atoms in total. The summed E-state index contributed by atoms with van der Waals surface area (Å²) in [5.74, 6) is 0. The molecule has 2 unspecified atom stereocenters. The van der Waals surface area contributed by atoms with Gasteiger partial charge in [0.05, 0.1) is 11.7 Å². The zero-order valence-electron chi connectivity index (χ0n) is 11.0. The molecule has 2 atom stereocenters. The van der Waals surface area contributed by atoms with Crippen LogP contribution in [0.25, 0.3) is 0 Å². The Kier molecular flexibility index (Phi) is 3.84. The van der Waals surface area contributed by atoms with Gasteiger partial charge in [-0.05, 0) is 25.1 Å². The quantitative estimate of drug-likeness (QED) is 0.747. The minimum absolute atomic E-state index is 0.120. The number of nitrogens with two attached hydrogens (primary N) is 1. The van der Waals surface area contributed by atoms with Crippen molar-refractivity contribution in [3.05, 3.63) is 23.8 Å². The van der Waals surface area contributed by atoms with Crippen molar-refractivity contribution in [2.24, 2.45) is 0 Å². The van der Waals surface area contributed by atoms with Crippen molar-refractivity contribution in [1.82, 2.24) is 0 Å². The smallest absolute Gasteiger partial charge is 0.398 e. The first-order valence-corrected chi connectivity index (χ1v) is 6.27. The Labute approximate surface area is 114 Å². The van der Waals surface area contributed by atoms with Gasteiger partial charge in [0.25, 0.3) is 0 Å². The Morgan fingerprint density at radius 2 is 2.20 bits per heavy atom. The maximum atomic E-state index is 12.7. The molecule has 1 saturated heterocycles. The topological polar surface area (TPSA) is 67.5 Å². The van der Waals surface area contributed by atoms with Crippen LogP contribution in [-0.2, 0) is 10.9 Å². The van der Waals surface area contributed by atoms with Crippen LogP contribution in [0.1, 0.15) is 18.9 Å². The van der Waals surface area contributed by atoms with Crippen molar-refractivity contribution >= 4 is 11.4 Å². The Balaban J connectivity index is 2.11. The molecule has 0 radical (unpaired) electrons. The second kappa shape index (κ2) is 5.14. The summed E-state index contributed by atoms with van der Waals surface area (Å²) in [5, 5.41) is 13.1. The number of anilines is 2. The highest BCUT2D eigenvalue weighted by Gasteiger charge is 2.39. The van der Waals surface area contributed by atoms with Crippen LogP contribution in [0.15, 0.2) is 18.2 Å². The predicted molar refractivity (Wildman–Crippen MR) is 69.3 cm³/mol. The van der Waals surface area contributed by atoms with E-state index < -0.39 is 17.3 Å². The molecule has 7 heteroatoms. The van der Waals surface area contributed by atoms with Gasteiger partial charge >= 0.3 is 6.18 Å². The number of ether oxygens (including phenoxy) is 1. The van der Waals surface area contributed by atoms with Gasteiger partial charge in [0.2, 0.25) is 0 Å². The zero-order valence-corrected chi connectivity index (χ0v) is 11.0. The molecule has 0 saturated carbocycles. The Hall–Kier alpha value is -1.47. The van der Waals surface area contributed by atoms with E-state index in [1.165, 1.54) is 12.1 Å². The van der Waals surface area contributed by atoms with Gasteiger partial charge in [0.1, 0.15) is 5.60 Å². The third-order valence-corrected chi connectivity index (χ3v) is 3.62. The summed E-state index contributed by atoms with van der Waals surface area (Å²) in [4.78, 5) is 0. The van der Waals surface area contributed by atoms with Crippen LogP contribution in [0.5, 0.6) is 0 Å². The fraction of sp³-hybridized carbons (Fsp3) is 0.538. The molecular weight excluding hydrogens is 273 g/mol. The van der Waals surface area contributed by atoms with E-state index in [9.17, 15) is 18.3 Å². The number of benzene rings is 1.